The Balaban J connectivity index is 2.47. The monoisotopic (exact) mass is 269 g/mol. The maximum absolute atomic E-state index is 13.4. The number of nitrogens with one attached hydrogen (secondary N) is 1. The summed E-state index contributed by atoms with van der Waals surface area (Å²) >= 11 is 0. The zero-order valence-corrected chi connectivity index (χ0v) is 11.0. The van der Waals surface area contributed by atoms with Gasteiger partial charge in [0.2, 0.25) is 0 Å². The summed E-state index contributed by atoms with van der Waals surface area (Å²) in [7, 11) is 0. The second-order valence-corrected chi connectivity index (χ2v) is 4.06. The molecule has 1 aromatic rings. The third-order valence-electron chi connectivity index (χ3n) is 2.54. The summed E-state index contributed by atoms with van der Waals surface area (Å²) in [6, 6.07) is 4.34. The summed E-state index contributed by atoms with van der Waals surface area (Å²) in [6.45, 7) is 4.69. The van der Waals surface area contributed by atoms with Crippen molar-refractivity contribution in [2.45, 2.75) is 19.9 Å². The van der Waals surface area contributed by atoms with Crippen molar-refractivity contribution in [1.82, 2.24) is 5.32 Å². The molecule has 0 aliphatic heterocycles. The van der Waals surface area contributed by atoms with Crippen LogP contribution < -0.4 is 11.1 Å². The van der Waals surface area contributed by atoms with E-state index in [1.807, 2.05) is 6.92 Å². The minimum absolute atomic E-state index is 0.0999. The molecule has 0 bridgehead atoms. The number of halogens is 1. The van der Waals surface area contributed by atoms with E-state index in [9.17, 15) is 4.39 Å². The number of oxime groups is 1. The third kappa shape index (κ3) is 5.67. The molecular weight excluding hydrogens is 249 g/mol. The van der Waals surface area contributed by atoms with Crippen LogP contribution in [0.2, 0.25) is 0 Å². The molecule has 0 aromatic heterocycles. The predicted octanol–water partition coefficient (Wildman–Crippen LogP) is 1.44. The SMILES string of the molecule is CCOCCCNCc1cc(F)cc(/C(N)=N/O)c1. The Morgan fingerprint density at radius 2 is 2.26 bits per heavy atom. The second-order valence-electron chi connectivity index (χ2n) is 4.06. The molecule has 106 valence electrons. The Kier molecular flexibility index (Phi) is 6.84. The van der Waals surface area contributed by atoms with Crippen LogP contribution in [0.4, 0.5) is 4.39 Å². The minimum Gasteiger partial charge on any atom is -0.409 e. The van der Waals surface area contributed by atoms with Gasteiger partial charge in [0.25, 0.3) is 0 Å². The average Bonchev–Trinajstić information content (AvgIpc) is 2.41. The van der Waals surface area contributed by atoms with Crippen LogP contribution in [-0.4, -0.2) is 30.8 Å². The van der Waals surface area contributed by atoms with E-state index in [2.05, 4.69) is 10.5 Å². The fourth-order valence-electron chi connectivity index (χ4n) is 1.63. The van der Waals surface area contributed by atoms with Gasteiger partial charge in [0.15, 0.2) is 5.84 Å². The first kappa shape index (κ1) is 15.4. The lowest BCUT2D eigenvalue weighted by Crippen LogP contribution is -2.18. The number of hydrogen-bond acceptors (Lipinski definition) is 4. The van der Waals surface area contributed by atoms with E-state index < -0.39 is 5.82 Å². The number of nitrogens with two attached hydrogens (primary N) is 1. The van der Waals surface area contributed by atoms with Crippen molar-refractivity contribution in [3.8, 4) is 0 Å². The van der Waals surface area contributed by atoms with Crippen LogP contribution in [0.25, 0.3) is 0 Å². The molecule has 0 saturated heterocycles. The molecule has 0 radical (unpaired) electrons. The molecule has 1 aromatic carbocycles. The smallest absolute Gasteiger partial charge is 0.170 e. The van der Waals surface area contributed by atoms with Crippen molar-refractivity contribution in [1.29, 1.82) is 0 Å². The number of rotatable bonds is 8. The lowest BCUT2D eigenvalue weighted by Gasteiger charge is -2.07. The van der Waals surface area contributed by atoms with Gasteiger partial charge in [-0.25, -0.2) is 4.39 Å². The van der Waals surface area contributed by atoms with E-state index in [4.69, 9.17) is 15.7 Å². The molecule has 6 heteroatoms. The molecule has 0 amide bonds. The lowest BCUT2D eigenvalue weighted by molar-refractivity contribution is 0.144. The fourth-order valence-corrected chi connectivity index (χ4v) is 1.63. The van der Waals surface area contributed by atoms with Gasteiger partial charge in [-0.1, -0.05) is 5.16 Å². The van der Waals surface area contributed by atoms with E-state index in [1.165, 1.54) is 12.1 Å². The number of nitrogens with zero attached hydrogens (tertiary/aromatic N) is 1. The summed E-state index contributed by atoms with van der Waals surface area (Å²) in [4.78, 5) is 0. The van der Waals surface area contributed by atoms with E-state index in [0.717, 1.165) is 18.5 Å². The van der Waals surface area contributed by atoms with Crippen LogP contribution in [0.1, 0.15) is 24.5 Å². The zero-order valence-electron chi connectivity index (χ0n) is 11.0. The van der Waals surface area contributed by atoms with Crippen molar-refractivity contribution < 1.29 is 14.3 Å². The van der Waals surface area contributed by atoms with Crippen molar-refractivity contribution in [2.24, 2.45) is 10.9 Å². The van der Waals surface area contributed by atoms with Gasteiger partial charge >= 0.3 is 0 Å². The van der Waals surface area contributed by atoms with Gasteiger partial charge in [-0.2, -0.15) is 0 Å². The average molecular weight is 269 g/mol. The number of ether oxygens (including phenoxy) is 1. The third-order valence-corrected chi connectivity index (χ3v) is 2.54. The maximum Gasteiger partial charge on any atom is 0.170 e. The van der Waals surface area contributed by atoms with E-state index in [-0.39, 0.29) is 5.84 Å². The molecule has 4 N–H and O–H groups in total. The second kappa shape index (κ2) is 8.44. The Morgan fingerprint density at radius 1 is 1.47 bits per heavy atom. The fraction of sp³-hybridized carbons (Fsp3) is 0.462. The predicted molar refractivity (Wildman–Crippen MR) is 71.7 cm³/mol. The Morgan fingerprint density at radius 3 is 2.95 bits per heavy atom. The van der Waals surface area contributed by atoms with Gasteiger partial charge < -0.3 is 21.0 Å². The van der Waals surface area contributed by atoms with Gasteiger partial charge in [-0.3, -0.25) is 0 Å². The molecule has 0 aliphatic rings. The minimum atomic E-state index is -0.407. The van der Waals surface area contributed by atoms with E-state index in [0.29, 0.717) is 25.3 Å². The first-order valence-electron chi connectivity index (χ1n) is 6.23. The molecular formula is C13H20FN3O2. The summed E-state index contributed by atoms with van der Waals surface area (Å²) in [5.74, 6) is -0.507. The summed E-state index contributed by atoms with van der Waals surface area (Å²) in [5, 5.41) is 14.6. The molecule has 0 unspecified atom stereocenters. The van der Waals surface area contributed by atoms with Crippen molar-refractivity contribution in [3.05, 3.63) is 35.1 Å². The van der Waals surface area contributed by atoms with Gasteiger partial charge in [-0.05, 0) is 43.7 Å². The van der Waals surface area contributed by atoms with Crippen molar-refractivity contribution >= 4 is 5.84 Å². The quantitative estimate of drug-likeness (QED) is 0.219. The van der Waals surface area contributed by atoms with Crippen LogP contribution in [0, 0.1) is 5.82 Å². The molecule has 0 heterocycles. The Labute approximate surface area is 112 Å². The molecule has 0 aliphatic carbocycles. The normalized spacial score (nSPS) is 11.8. The van der Waals surface area contributed by atoms with Crippen LogP contribution in [0.5, 0.6) is 0 Å². The number of amidine groups is 1. The summed E-state index contributed by atoms with van der Waals surface area (Å²) < 4.78 is 18.6. The maximum atomic E-state index is 13.4. The van der Waals surface area contributed by atoms with Crippen molar-refractivity contribution in [3.63, 3.8) is 0 Å². The van der Waals surface area contributed by atoms with Crippen LogP contribution in [-0.2, 0) is 11.3 Å². The number of hydrogen-bond donors (Lipinski definition) is 3. The van der Waals surface area contributed by atoms with Crippen LogP contribution in [0.3, 0.4) is 0 Å². The topological polar surface area (TPSA) is 79.9 Å². The molecule has 0 spiro atoms. The summed E-state index contributed by atoms with van der Waals surface area (Å²) in [5.41, 5.74) is 6.56. The van der Waals surface area contributed by atoms with Gasteiger partial charge in [0, 0.05) is 25.3 Å². The Bertz CT molecular complexity index is 424. The molecule has 19 heavy (non-hydrogen) atoms. The lowest BCUT2D eigenvalue weighted by atomic mass is 10.1. The standard InChI is InChI=1S/C13H20FN3O2/c1-2-19-5-3-4-16-9-10-6-11(13(15)17-18)8-12(14)7-10/h6-8,16,18H,2-5,9H2,1H3,(H2,15,17). The first-order valence-corrected chi connectivity index (χ1v) is 6.23. The Hall–Kier alpha value is -1.66. The van der Waals surface area contributed by atoms with Gasteiger partial charge in [0.05, 0.1) is 0 Å². The van der Waals surface area contributed by atoms with Crippen molar-refractivity contribution in [2.75, 3.05) is 19.8 Å². The largest absolute Gasteiger partial charge is 0.409 e. The highest BCUT2D eigenvalue weighted by Crippen LogP contribution is 2.09. The molecule has 0 saturated carbocycles. The molecule has 5 nitrogen and oxygen atoms in total. The van der Waals surface area contributed by atoms with Crippen LogP contribution >= 0.6 is 0 Å². The molecule has 0 fully saturated rings. The first-order chi connectivity index (χ1) is 9.17. The van der Waals surface area contributed by atoms with Gasteiger partial charge in [-0.15, -0.1) is 0 Å². The molecule has 1 rings (SSSR count). The zero-order chi connectivity index (χ0) is 14.1. The van der Waals surface area contributed by atoms with E-state index >= 15 is 0 Å². The summed E-state index contributed by atoms with van der Waals surface area (Å²) in [6.07, 6.45) is 0.899. The number of benzene rings is 1. The highest BCUT2D eigenvalue weighted by molar-refractivity contribution is 5.97. The van der Waals surface area contributed by atoms with Gasteiger partial charge in [0.1, 0.15) is 5.82 Å². The van der Waals surface area contributed by atoms with E-state index in [1.54, 1.807) is 6.07 Å². The molecule has 0 atom stereocenters. The van der Waals surface area contributed by atoms with Crippen LogP contribution in [0.15, 0.2) is 23.4 Å². The highest BCUT2D eigenvalue weighted by Gasteiger charge is 2.04. The highest BCUT2D eigenvalue weighted by atomic mass is 19.1.